The first-order valence-electron chi connectivity index (χ1n) is 12.7. The second-order valence-corrected chi connectivity index (χ2v) is 11.0. The second kappa shape index (κ2) is 10.7. The van der Waals surface area contributed by atoms with Crippen molar-refractivity contribution in [2.24, 2.45) is 11.5 Å². The average Bonchev–Trinajstić information content (AvgIpc) is 2.80. The molecule has 0 aliphatic carbocycles. The number of piperidine rings is 2. The van der Waals surface area contributed by atoms with Gasteiger partial charge in [0.1, 0.15) is 11.5 Å². The summed E-state index contributed by atoms with van der Waals surface area (Å²) in [7, 11) is 0. The maximum Gasteiger partial charge on any atom is 0.354 e. The maximum atomic E-state index is 15.0. The molecule has 2 amide bonds. The Bertz CT molecular complexity index is 1100. The summed E-state index contributed by atoms with van der Waals surface area (Å²) in [6.07, 6.45) is 4.35. The van der Waals surface area contributed by atoms with Crippen LogP contribution in [0, 0.1) is 0 Å². The molecule has 1 aromatic heterocycles. The van der Waals surface area contributed by atoms with Crippen LogP contribution in [0.4, 0.5) is 15.0 Å². The van der Waals surface area contributed by atoms with Gasteiger partial charge in [-0.25, -0.2) is 14.0 Å². The van der Waals surface area contributed by atoms with Gasteiger partial charge in [-0.15, -0.1) is 0 Å². The fourth-order valence-electron chi connectivity index (χ4n) is 5.09. The van der Waals surface area contributed by atoms with Gasteiger partial charge in [-0.05, 0) is 82.8 Å². The van der Waals surface area contributed by atoms with Crippen LogP contribution in [0.25, 0.3) is 5.69 Å². The molecule has 2 saturated heterocycles. The Kier molecular flexibility index (Phi) is 7.77. The van der Waals surface area contributed by atoms with Crippen LogP contribution in [0.5, 0.6) is 0 Å². The van der Waals surface area contributed by atoms with Gasteiger partial charge in [0, 0.05) is 37.4 Å². The standard InChI is InChI=1S/C26H38FN7O2/c1-25(2,29)18-26(27)10-15-33(16-11-26)23(35)30-22-9-14-34(24(36)31-22)21-5-3-19(4-6-21)17-32-12-7-20(28)8-13-32/h3-6,9,14,20H,7-8,10-13,15-18,28-29H2,1-2H3,(H,30,31,35,36). The van der Waals surface area contributed by atoms with E-state index in [0.29, 0.717) is 11.7 Å². The van der Waals surface area contributed by atoms with E-state index < -0.39 is 22.9 Å². The minimum atomic E-state index is -1.37. The molecule has 196 valence electrons. The van der Waals surface area contributed by atoms with Gasteiger partial charge in [0.2, 0.25) is 0 Å². The SMILES string of the molecule is CC(C)(N)CC1(F)CCN(C(=O)Nc2ccn(-c3ccc(CN4CCC(N)CC4)cc3)c(=O)n2)CC1. The summed E-state index contributed by atoms with van der Waals surface area (Å²) >= 11 is 0. The van der Waals surface area contributed by atoms with E-state index in [2.05, 4.69) is 15.2 Å². The van der Waals surface area contributed by atoms with E-state index in [9.17, 15) is 9.59 Å². The highest BCUT2D eigenvalue weighted by atomic mass is 19.1. The van der Waals surface area contributed by atoms with Gasteiger partial charge in [0.25, 0.3) is 0 Å². The van der Waals surface area contributed by atoms with Crippen molar-refractivity contribution in [3.8, 4) is 5.69 Å². The Morgan fingerprint density at radius 3 is 2.36 bits per heavy atom. The zero-order valence-corrected chi connectivity index (χ0v) is 21.3. The monoisotopic (exact) mass is 499 g/mol. The van der Waals surface area contributed by atoms with E-state index in [1.807, 2.05) is 38.1 Å². The molecule has 10 heteroatoms. The van der Waals surface area contributed by atoms with E-state index in [-0.39, 0.29) is 38.2 Å². The second-order valence-electron chi connectivity index (χ2n) is 11.0. The van der Waals surface area contributed by atoms with Crippen molar-refractivity contribution in [2.75, 3.05) is 31.5 Å². The molecule has 3 heterocycles. The number of anilines is 1. The number of nitrogens with two attached hydrogens (primary N) is 2. The van der Waals surface area contributed by atoms with Gasteiger partial charge in [-0.3, -0.25) is 14.8 Å². The van der Waals surface area contributed by atoms with E-state index in [1.54, 1.807) is 17.2 Å². The molecule has 4 rings (SSSR count). The number of aromatic nitrogens is 2. The number of urea groups is 1. The van der Waals surface area contributed by atoms with Crippen LogP contribution < -0.4 is 22.5 Å². The van der Waals surface area contributed by atoms with Crippen LogP contribution in [0.15, 0.2) is 41.3 Å². The largest absolute Gasteiger partial charge is 0.354 e. The third kappa shape index (κ3) is 6.89. The minimum absolute atomic E-state index is 0.168. The lowest BCUT2D eigenvalue weighted by atomic mass is 9.82. The fourth-order valence-corrected chi connectivity index (χ4v) is 5.09. The number of halogens is 1. The Morgan fingerprint density at radius 2 is 1.78 bits per heavy atom. The number of amides is 2. The molecule has 0 atom stereocenters. The van der Waals surface area contributed by atoms with Crippen molar-refractivity contribution >= 4 is 11.8 Å². The van der Waals surface area contributed by atoms with Crippen LogP contribution in [0.2, 0.25) is 0 Å². The summed E-state index contributed by atoms with van der Waals surface area (Å²) in [5.41, 5.74) is 11.4. The van der Waals surface area contributed by atoms with Crippen LogP contribution in [-0.4, -0.2) is 68.8 Å². The average molecular weight is 500 g/mol. The predicted molar refractivity (Wildman–Crippen MR) is 139 cm³/mol. The molecule has 2 aromatic rings. The third-order valence-corrected chi connectivity index (χ3v) is 7.01. The van der Waals surface area contributed by atoms with Crippen LogP contribution in [-0.2, 0) is 6.54 Å². The number of nitrogens with one attached hydrogen (secondary N) is 1. The topological polar surface area (TPSA) is 123 Å². The van der Waals surface area contributed by atoms with Crippen LogP contribution >= 0.6 is 0 Å². The number of carbonyl (C=O) groups is 1. The van der Waals surface area contributed by atoms with Crippen molar-refractivity contribution < 1.29 is 9.18 Å². The molecule has 2 fully saturated rings. The molecular weight excluding hydrogens is 461 g/mol. The lowest BCUT2D eigenvalue weighted by Crippen LogP contribution is -2.50. The first kappa shape index (κ1) is 26.2. The molecule has 2 aliphatic rings. The van der Waals surface area contributed by atoms with E-state index in [0.717, 1.165) is 32.5 Å². The Balaban J connectivity index is 1.33. The van der Waals surface area contributed by atoms with Crippen molar-refractivity contribution in [2.45, 2.75) is 69.7 Å². The minimum Gasteiger partial charge on any atom is -0.328 e. The number of likely N-dealkylation sites (tertiary alicyclic amines) is 2. The molecule has 1 aromatic carbocycles. The number of carbonyl (C=O) groups excluding carboxylic acids is 1. The Hall–Kier alpha value is -2.82. The van der Waals surface area contributed by atoms with Gasteiger partial charge < -0.3 is 16.4 Å². The highest BCUT2D eigenvalue weighted by Gasteiger charge is 2.39. The first-order valence-corrected chi connectivity index (χ1v) is 12.7. The number of alkyl halides is 1. The zero-order valence-electron chi connectivity index (χ0n) is 21.3. The lowest BCUT2D eigenvalue weighted by molar-refractivity contribution is 0.0497. The molecule has 0 radical (unpaired) electrons. The van der Waals surface area contributed by atoms with E-state index >= 15 is 4.39 Å². The normalized spacial score (nSPS) is 19.3. The molecule has 5 N–H and O–H groups in total. The maximum absolute atomic E-state index is 15.0. The van der Waals surface area contributed by atoms with Gasteiger partial charge in [0.15, 0.2) is 0 Å². The smallest absolute Gasteiger partial charge is 0.328 e. The molecule has 0 unspecified atom stereocenters. The summed E-state index contributed by atoms with van der Waals surface area (Å²) in [5, 5.41) is 2.67. The lowest BCUT2D eigenvalue weighted by Gasteiger charge is -2.39. The highest BCUT2D eigenvalue weighted by Crippen LogP contribution is 2.33. The summed E-state index contributed by atoms with van der Waals surface area (Å²) in [4.78, 5) is 33.3. The number of hydrogen-bond donors (Lipinski definition) is 3. The predicted octanol–water partition coefficient (Wildman–Crippen LogP) is 2.62. The zero-order chi connectivity index (χ0) is 25.9. The van der Waals surface area contributed by atoms with E-state index in [1.165, 1.54) is 10.1 Å². The van der Waals surface area contributed by atoms with Gasteiger partial charge in [-0.1, -0.05) is 12.1 Å². The Labute approximate surface area is 211 Å². The fraction of sp³-hybridized carbons (Fsp3) is 0.577. The Morgan fingerprint density at radius 1 is 1.14 bits per heavy atom. The first-order chi connectivity index (χ1) is 17.0. The molecule has 2 aliphatic heterocycles. The molecular formula is C26H38FN7O2. The quantitative estimate of drug-likeness (QED) is 0.562. The van der Waals surface area contributed by atoms with Crippen LogP contribution in [0.1, 0.15) is 51.5 Å². The summed E-state index contributed by atoms with van der Waals surface area (Å²) in [6, 6.07) is 9.32. The van der Waals surface area contributed by atoms with Crippen molar-refractivity contribution in [3.05, 3.63) is 52.6 Å². The van der Waals surface area contributed by atoms with Gasteiger partial charge in [0.05, 0.1) is 5.69 Å². The van der Waals surface area contributed by atoms with Crippen molar-refractivity contribution in [1.29, 1.82) is 0 Å². The van der Waals surface area contributed by atoms with Crippen molar-refractivity contribution in [3.63, 3.8) is 0 Å². The number of rotatable bonds is 6. The van der Waals surface area contributed by atoms with Gasteiger partial charge >= 0.3 is 11.7 Å². The number of hydrogen-bond acceptors (Lipinski definition) is 6. The molecule has 0 bridgehead atoms. The number of nitrogens with zero attached hydrogens (tertiary/aromatic N) is 4. The van der Waals surface area contributed by atoms with Crippen molar-refractivity contribution in [1.82, 2.24) is 19.4 Å². The molecule has 0 spiro atoms. The summed E-state index contributed by atoms with van der Waals surface area (Å²) < 4.78 is 16.5. The summed E-state index contributed by atoms with van der Waals surface area (Å²) in [5.74, 6) is 0.168. The van der Waals surface area contributed by atoms with Crippen LogP contribution in [0.3, 0.4) is 0 Å². The van der Waals surface area contributed by atoms with E-state index in [4.69, 9.17) is 11.5 Å². The van der Waals surface area contributed by atoms with Gasteiger partial charge in [-0.2, -0.15) is 4.98 Å². The molecule has 9 nitrogen and oxygen atoms in total. The number of benzene rings is 1. The third-order valence-electron chi connectivity index (χ3n) is 7.01. The summed E-state index contributed by atoms with van der Waals surface area (Å²) in [6.45, 7) is 7.03. The molecule has 0 saturated carbocycles. The highest BCUT2D eigenvalue weighted by molar-refractivity contribution is 5.88. The molecule has 36 heavy (non-hydrogen) atoms.